The molecule has 0 heterocycles. The Labute approximate surface area is 95.8 Å². The highest BCUT2D eigenvalue weighted by molar-refractivity contribution is 9.10. The van der Waals surface area contributed by atoms with Gasteiger partial charge in [0.1, 0.15) is 4.75 Å². The summed E-state index contributed by atoms with van der Waals surface area (Å²) in [5.74, 6) is -0.801. The van der Waals surface area contributed by atoms with Crippen LogP contribution < -0.4 is 0 Å². The Morgan fingerprint density at radius 2 is 1.86 bits per heavy atom. The molecule has 0 saturated heterocycles. The molecule has 0 bridgehead atoms. The molecule has 1 aromatic carbocycles. The van der Waals surface area contributed by atoms with Crippen molar-refractivity contribution < 1.29 is 9.90 Å². The molecule has 0 unspecified atom stereocenters. The lowest BCUT2D eigenvalue weighted by atomic mass is 10.2. The van der Waals surface area contributed by atoms with E-state index in [0.717, 1.165) is 9.37 Å². The van der Waals surface area contributed by atoms with Crippen molar-refractivity contribution in [2.24, 2.45) is 0 Å². The highest BCUT2D eigenvalue weighted by Crippen LogP contribution is 2.33. The number of halogens is 1. The average molecular weight is 275 g/mol. The zero-order valence-electron chi connectivity index (χ0n) is 7.95. The third-order valence-electron chi connectivity index (χ3n) is 1.70. The van der Waals surface area contributed by atoms with Crippen LogP contribution in [0.5, 0.6) is 0 Å². The first-order valence-electron chi connectivity index (χ1n) is 4.10. The minimum atomic E-state index is -0.801. The highest BCUT2D eigenvalue weighted by Gasteiger charge is 2.28. The summed E-state index contributed by atoms with van der Waals surface area (Å²) >= 11 is 4.67. The second kappa shape index (κ2) is 4.36. The van der Waals surface area contributed by atoms with Gasteiger partial charge in [0, 0.05) is 9.37 Å². The van der Waals surface area contributed by atoms with Crippen LogP contribution in [-0.4, -0.2) is 15.8 Å². The predicted molar refractivity (Wildman–Crippen MR) is 61.7 cm³/mol. The maximum absolute atomic E-state index is 10.9. The molecule has 4 heteroatoms. The Balaban J connectivity index is 2.79. The fourth-order valence-corrected chi connectivity index (χ4v) is 2.05. The van der Waals surface area contributed by atoms with E-state index in [-0.39, 0.29) is 0 Å². The highest BCUT2D eigenvalue weighted by atomic mass is 79.9. The predicted octanol–water partition coefficient (Wildman–Crippen LogP) is 3.40. The van der Waals surface area contributed by atoms with Gasteiger partial charge in [-0.05, 0) is 38.1 Å². The molecule has 0 saturated carbocycles. The number of carboxylic acids is 1. The van der Waals surface area contributed by atoms with Crippen molar-refractivity contribution in [3.05, 3.63) is 28.7 Å². The van der Waals surface area contributed by atoms with Crippen molar-refractivity contribution in [1.29, 1.82) is 0 Å². The van der Waals surface area contributed by atoms with Gasteiger partial charge in [0.15, 0.2) is 0 Å². The van der Waals surface area contributed by atoms with Gasteiger partial charge in [0.05, 0.1) is 0 Å². The van der Waals surface area contributed by atoms with Gasteiger partial charge in [-0.1, -0.05) is 15.9 Å². The Kier molecular flexibility index (Phi) is 3.61. The van der Waals surface area contributed by atoms with E-state index in [2.05, 4.69) is 15.9 Å². The van der Waals surface area contributed by atoms with E-state index in [4.69, 9.17) is 5.11 Å². The van der Waals surface area contributed by atoms with Crippen LogP contribution in [0.25, 0.3) is 0 Å². The molecule has 0 aromatic heterocycles. The van der Waals surface area contributed by atoms with Gasteiger partial charge in [-0.3, -0.25) is 4.79 Å². The summed E-state index contributed by atoms with van der Waals surface area (Å²) in [5.41, 5.74) is 0. The first-order chi connectivity index (χ1) is 6.42. The SMILES string of the molecule is CC(C)(Sc1ccc(Br)cc1)C(=O)O. The topological polar surface area (TPSA) is 37.3 Å². The van der Waals surface area contributed by atoms with Gasteiger partial charge < -0.3 is 5.11 Å². The molecule has 0 radical (unpaired) electrons. The number of benzene rings is 1. The molecule has 0 aliphatic heterocycles. The minimum Gasteiger partial charge on any atom is -0.480 e. The van der Waals surface area contributed by atoms with Crippen molar-refractivity contribution >= 4 is 33.7 Å². The Morgan fingerprint density at radius 1 is 1.36 bits per heavy atom. The molecular weight excluding hydrogens is 264 g/mol. The first kappa shape index (κ1) is 11.6. The number of carboxylic acid groups (broad SMARTS) is 1. The van der Waals surface area contributed by atoms with Crippen LogP contribution in [0.1, 0.15) is 13.8 Å². The maximum atomic E-state index is 10.9. The van der Waals surface area contributed by atoms with Gasteiger partial charge in [0.25, 0.3) is 0 Å². The lowest BCUT2D eigenvalue weighted by Gasteiger charge is -2.18. The second-order valence-electron chi connectivity index (χ2n) is 3.37. The zero-order valence-corrected chi connectivity index (χ0v) is 10.4. The summed E-state index contributed by atoms with van der Waals surface area (Å²) in [7, 11) is 0. The summed E-state index contributed by atoms with van der Waals surface area (Å²) in [4.78, 5) is 11.8. The molecular formula is C10H11BrO2S. The lowest BCUT2D eigenvalue weighted by molar-refractivity contribution is -0.138. The standard InChI is InChI=1S/C10H11BrO2S/c1-10(2,9(12)13)14-8-5-3-7(11)4-6-8/h3-6H,1-2H3,(H,12,13). The molecule has 76 valence electrons. The largest absolute Gasteiger partial charge is 0.480 e. The Bertz CT molecular complexity index is 332. The van der Waals surface area contributed by atoms with Crippen molar-refractivity contribution in [3.8, 4) is 0 Å². The van der Waals surface area contributed by atoms with E-state index in [1.165, 1.54) is 11.8 Å². The number of thioether (sulfide) groups is 1. The quantitative estimate of drug-likeness (QED) is 0.859. The molecule has 0 aliphatic rings. The van der Waals surface area contributed by atoms with E-state index in [1.807, 2.05) is 24.3 Å². The fourth-order valence-electron chi connectivity index (χ4n) is 0.841. The fraction of sp³-hybridized carbons (Fsp3) is 0.300. The number of rotatable bonds is 3. The minimum absolute atomic E-state index is 0.784. The first-order valence-corrected chi connectivity index (χ1v) is 5.71. The van der Waals surface area contributed by atoms with Crippen molar-refractivity contribution in [2.75, 3.05) is 0 Å². The van der Waals surface area contributed by atoms with Crippen LogP contribution in [0, 0.1) is 0 Å². The summed E-state index contributed by atoms with van der Waals surface area (Å²) in [6.45, 7) is 3.39. The van der Waals surface area contributed by atoms with Crippen LogP contribution in [0.15, 0.2) is 33.6 Å². The molecule has 1 N–H and O–H groups in total. The molecule has 0 amide bonds. The number of hydrogen-bond acceptors (Lipinski definition) is 2. The third kappa shape index (κ3) is 3.03. The number of aliphatic carboxylic acids is 1. The van der Waals surface area contributed by atoms with E-state index in [0.29, 0.717) is 0 Å². The molecule has 0 aliphatic carbocycles. The van der Waals surface area contributed by atoms with Gasteiger partial charge in [0.2, 0.25) is 0 Å². The van der Waals surface area contributed by atoms with Gasteiger partial charge in [-0.25, -0.2) is 0 Å². The molecule has 1 rings (SSSR count). The van der Waals surface area contributed by atoms with Gasteiger partial charge >= 0.3 is 5.97 Å². The van der Waals surface area contributed by atoms with Crippen LogP contribution in [-0.2, 0) is 4.79 Å². The number of hydrogen-bond donors (Lipinski definition) is 1. The van der Waals surface area contributed by atoms with E-state index < -0.39 is 10.7 Å². The molecule has 0 spiro atoms. The maximum Gasteiger partial charge on any atom is 0.319 e. The zero-order chi connectivity index (χ0) is 10.8. The summed E-state index contributed by atoms with van der Waals surface area (Å²) in [6, 6.07) is 7.61. The van der Waals surface area contributed by atoms with Gasteiger partial charge in [-0.15, -0.1) is 11.8 Å². The Morgan fingerprint density at radius 3 is 2.29 bits per heavy atom. The molecule has 0 atom stereocenters. The van der Waals surface area contributed by atoms with Crippen molar-refractivity contribution in [2.45, 2.75) is 23.5 Å². The summed E-state index contributed by atoms with van der Waals surface area (Å²) in [6.07, 6.45) is 0. The molecule has 0 fully saturated rings. The second-order valence-corrected chi connectivity index (χ2v) is 5.98. The smallest absolute Gasteiger partial charge is 0.319 e. The average Bonchev–Trinajstić information content (AvgIpc) is 2.08. The van der Waals surface area contributed by atoms with Crippen LogP contribution >= 0.6 is 27.7 Å². The lowest BCUT2D eigenvalue weighted by Crippen LogP contribution is -2.26. The van der Waals surface area contributed by atoms with E-state index in [1.54, 1.807) is 13.8 Å². The van der Waals surface area contributed by atoms with Crippen LogP contribution in [0.2, 0.25) is 0 Å². The van der Waals surface area contributed by atoms with Gasteiger partial charge in [-0.2, -0.15) is 0 Å². The van der Waals surface area contributed by atoms with E-state index >= 15 is 0 Å². The van der Waals surface area contributed by atoms with Crippen LogP contribution in [0.4, 0.5) is 0 Å². The van der Waals surface area contributed by atoms with Crippen molar-refractivity contribution in [3.63, 3.8) is 0 Å². The normalized spacial score (nSPS) is 11.4. The Hall–Kier alpha value is -0.480. The summed E-state index contributed by atoms with van der Waals surface area (Å²) in [5, 5.41) is 8.93. The summed E-state index contributed by atoms with van der Waals surface area (Å²) < 4.78 is 0.211. The molecule has 14 heavy (non-hydrogen) atoms. The van der Waals surface area contributed by atoms with E-state index in [9.17, 15) is 4.79 Å². The monoisotopic (exact) mass is 274 g/mol. The molecule has 2 nitrogen and oxygen atoms in total. The number of carbonyl (C=O) groups is 1. The third-order valence-corrected chi connectivity index (χ3v) is 3.42. The van der Waals surface area contributed by atoms with Crippen molar-refractivity contribution in [1.82, 2.24) is 0 Å². The van der Waals surface area contributed by atoms with Crippen LogP contribution in [0.3, 0.4) is 0 Å². The molecule has 1 aromatic rings.